The first-order chi connectivity index (χ1) is 13.0. The molecule has 4 rings (SSSR count). The van der Waals surface area contributed by atoms with Gasteiger partial charge in [0.05, 0.1) is 29.7 Å². The molecule has 0 radical (unpaired) electrons. The Balaban J connectivity index is 1.81. The van der Waals surface area contributed by atoms with Crippen molar-refractivity contribution in [3.63, 3.8) is 0 Å². The molecule has 0 spiro atoms. The van der Waals surface area contributed by atoms with Gasteiger partial charge >= 0.3 is 10.2 Å². The van der Waals surface area contributed by atoms with Crippen LogP contribution in [0.3, 0.4) is 0 Å². The fourth-order valence-corrected chi connectivity index (χ4v) is 4.89. The summed E-state index contributed by atoms with van der Waals surface area (Å²) in [6, 6.07) is 13.3. The van der Waals surface area contributed by atoms with E-state index in [0.717, 1.165) is 34.5 Å². The van der Waals surface area contributed by atoms with Crippen molar-refractivity contribution in [1.82, 2.24) is 9.29 Å². The Labute approximate surface area is 158 Å². The van der Waals surface area contributed by atoms with Crippen LogP contribution >= 0.6 is 0 Å². The third kappa shape index (κ3) is 2.81. The van der Waals surface area contributed by atoms with Gasteiger partial charge in [-0.25, -0.2) is 0 Å². The lowest BCUT2D eigenvalue weighted by Crippen LogP contribution is -2.29. The predicted molar refractivity (Wildman–Crippen MR) is 108 cm³/mol. The Morgan fingerprint density at radius 2 is 1.93 bits per heavy atom. The molecule has 1 aliphatic heterocycles. The molecule has 1 aromatic heterocycles. The minimum absolute atomic E-state index is 0.420. The average Bonchev–Trinajstić information content (AvgIpc) is 3.17. The second-order valence-electron chi connectivity index (χ2n) is 6.41. The van der Waals surface area contributed by atoms with E-state index in [-0.39, 0.29) is 0 Å². The number of aryl methyl sites for hydroxylation is 1. The van der Waals surface area contributed by atoms with Gasteiger partial charge in [-0.2, -0.15) is 13.1 Å². The molecule has 142 valence electrons. The fourth-order valence-electron chi connectivity index (χ4n) is 3.65. The van der Waals surface area contributed by atoms with E-state index in [1.807, 2.05) is 42.5 Å². The lowest BCUT2D eigenvalue weighted by Gasteiger charge is -2.16. The number of benzene rings is 2. The molecule has 0 saturated carbocycles. The Bertz CT molecular complexity index is 1100. The number of nitrogen functional groups attached to an aromatic ring is 1. The quantitative estimate of drug-likeness (QED) is 0.721. The second kappa shape index (κ2) is 6.47. The van der Waals surface area contributed by atoms with Gasteiger partial charge in [-0.1, -0.05) is 12.1 Å². The van der Waals surface area contributed by atoms with Crippen molar-refractivity contribution >= 4 is 32.5 Å². The van der Waals surface area contributed by atoms with Crippen molar-refractivity contribution in [2.75, 3.05) is 30.2 Å². The summed E-state index contributed by atoms with van der Waals surface area (Å²) >= 11 is 0. The Hall–Kier alpha value is -2.71. The lowest BCUT2D eigenvalue weighted by molar-refractivity contribution is 0.415. The lowest BCUT2D eigenvalue weighted by atomic mass is 10.1. The van der Waals surface area contributed by atoms with Crippen molar-refractivity contribution in [2.24, 2.45) is 0 Å². The van der Waals surface area contributed by atoms with Crippen molar-refractivity contribution in [3.8, 4) is 17.0 Å². The van der Waals surface area contributed by atoms with Gasteiger partial charge in [0.15, 0.2) is 0 Å². The summed E-state index contributed by atoms with van der Waals surface area (Å²) in [5.74, 6) is 0.781. The molecule has 0 atom stereocenters. The van der Waals surface area contributed by atoms with Crippen LogP contribution in [-0.4, -0.2) is 33.2 Å². The van der Waals surface area contributed by atoms with Gasteiger partial charge in [-0.05, 0) is 31.2 Å². The maximum atomic E-state index is 12.0. The van der Waals surface area contributed by atoms with Gasteiger partial charge in [-0.15, -0.1) is 0 Å². The summed E-state index contributed by atoms with van der Waals surface area (Å²) in [5.41, 5.74) is 10.7. The van der Waals surface area contributed by atoms with Gasteiger partial charge < -0.3 is 15.0 Å². The minimum atomic E-state index is -3.43. The summed E-state index contributed by atoms with van der Waals surface area (Å²) in [6.07, 6.45) is 0. The van der Waals surface area contributed by atoms with Crippen LogP contribution in [0.2, 0.25) is 0 Å². The van der Waals surface area contributed by atoms with Gasteiger partial charge in [-0.3, -0.25) is 4.31 Å². The second-order valence-corrected chi connectivity index (χ2v) is 8.09. The van der Waals surface area contributed by atoms with Crippen LogP contribution in [0.5, 0.6) is 5.75 Å². The van der Waals surface area contributed by atoms with Crippen LogP contribution in [0, 0.1) is 0 Å². The Morgan fingerprint density at radius 1 is 1.19 bits per heavy atom. The number of nitrogens with zero attached hydrogens (tertiary/aromatic N) is 2. The molecule has 2 heterocycles. The maximum absolute atomic E-state index is 12.0. The van der Waals surface area contributed by atoms with Gasteiger partial charge in [0.25, 0.3) is 0 Å². The highest BCUT2D eigenvalue weighted by atomic mass is 32.2. The first-order valence-corrected chi connectivity index (χ1v) is 10.2. The number of nitrogens with one attached hydrogen (secondary N) is 1. The number of anilines is 2. The van der Waals surface area contributed by atoms with Crippen LogP contribution in [0.4, 0.5) is 11.4 Å². The fraction of sp³-hybridized carbons (Fsp3) is 0.263. The van der Waals surface area contributed by atoms with E-state index >= 15 is 0 Å². The molecule has 27 heavy (non-hydrogen) atoms. The summed E-state index contributed by atoms with van der Waals surface area (Å²) in [7, 11) is -1.78. The molecule has 1 aliphatic rings. The van der Waals surface area contributed by atoms with Crippen molar-refractivity contribution < 1.29 is 13.2 Å². The first kappa shape index (κ1) is 17.7. The van der Waals surface area contributed by atoms with E-state index in [2.05, 4.69) is 16.2 Å². The molecular weight excluding hydrogens is 364 g/mol. The van der Waals surface area contributed by atoms with E-state index in [1.165, 1.54) is 4.31 Å². The van der Waals surface area contributed by atoms with Crippen molar-refractivity contribution in [1.29, 1.82) is 0 Å². The van der Waals surface area contributed by atoms with Crippen LogP contribution in [0.1, 0.15) is 6.92 Å². The van der Waals surface area contributed by atoms with E-state index in [4.69, 9.17) is 10.5 Å². The minimum Gasteiger partial charge on any atom is -0.497 e. The monoisotopic (exact) mass is 386 g/mol. The van der Waals surface area contributed by atoms with Crippen LogP contribution in [0.15, 0.2) is 42.5 Å². The number of hydrogen-bond acceptors (Lipinski definition) is 4. The summed E-state index contributed by atoms with van der Waals surface area (Å²) in [4.78, 5) is 0. The molecule has 0 amide bonds. The van der Waals surface area contributed by atoms with Crippen LogP contribution < -0.4 is 19.5 Å². The van der Waals surface area contributed by atoms with Gasteiger partial charge in [0.2, 0.25) is 0 Å². The van der Waals surface area contributed by atoms with Crippen LogP contribution in [-0.2, 0) is 16.8 Å². The van der Waals surface area contributed by atoms with E-state index < -0.39 is 10.2 Å². The zero-order valence-electron chi connectivity index (χ0n) is 15.3. The summed E-state index contributed by atoms with van der Waals surface area (Å²) in [6.45, 7) is 3.67. The number of nitrogens with two attached hydrogens (primary N) is 1. The largest absolute Gasteiger partial charge is 0.497 e. The molecule has 1 saturated heterocycles. The van der Waals surface area contributed by atoms with Crippen molar-refractivity contribution in [3.05, 3.63) is 42.5 Å². The topological polar surface area (TPSA) is 89.6 Å². The molecule has 2 aromatic carbocycles. The number of ether oxygens (including phenoxy) is 1. The Morgan fingerprint density at radius 3 is 2.52 bits per heavy atom. The van der Waals surface area contributed by atoms with Gasteiger partial charge in [0, 0.05) is 36.7 Å². The molecular formula is C19H22N4O3S. The average molecular weight is 386 g/mol. The number of fused-ring (bicyclic) bond motifs is 1. The zero-order valence-corrected chi connectivity index (χ0v) is 16.1. The number of rotatable bonds is 4. The SMILES string of the molecule is CCn1c(-c2ccc(N3CCNS3(=O)=O)cc2)c(N)c2ccc(OC)cc21. The molecule has 3 N–H and O–H groups in total. The summed E-state index contributed by atoms with van der Waals surface area (Å²) in [5, 5.41) is 0.975. The highest BCUT2D eigenvalue weighted by Gasteiger charge is 2.28. The molecule has 3 aromatic rings. The number of aromatic nitrogens is 1. The predicted octanol–water partition coefficient (Wildman–Crippen LogP) is 2.57. The standard InChI is InChI=1S/C19H22N4O3S/c1-3-22-17-12-15(26-2)8-9-16(17)18(20)19(22)13-4-6-14(7-5-13)23-11-10-21-27(23,24)25/h4-9,12,21H,3,10-11,20H2,1-2H3. The highest BCUT2D eigenvalue weighted by molar-refractivity contribution is 7.91. The smallest absolute Gasteiger partial charge is 0.301 e. The molecule has 0 bridgehead atoms. The molecule has 7 nitrogen and oxygen atoms in total. The highest BCUT2D eigenvalue weighted by Crippen LogP contribution is 2.38. The van der Waals surface area contributed by atoms with E-state index in [0.29, 0.717) is 24.5 Å². The van der Waals surface area contributed by atoms with E-state index in [1.54, 1.807) is 7.11 Å². The molecule has 0 unspecified atom stereocenters. The first-order valence-electron chi connectivity index (χ1n) is 8.79. The van der Waals surface area contributed by atoms with Gasteiger partial charge in [0.1, 0.15) is 5.75 Å². The third-order valence-corrected chi connectivity index (χ3v) is 6.49. The normalized spacial score (nSPS) is 16.1. The number of hydrogen-bond donors (Lipinski definition) is 2. The van der Waals surface area contributed by atoms with Crippen LogP contribution in [0.25, 0.3) is 22.2 Å². The third-order valence-electron chi connectivity index (χ3n) is 4.95. The maximum Gasteiger partial charge on any atom is 0.301 e. The molecule has 0 aliphatic carbocycles. The zero-order chi connectivity index (χ0) is 19.2. The summed E-state index contributed by atoms with van der Waals surface area (Å²) < 4.78 is 35.4. The Kier molecular flexibility index (Phi) is 4.24. The van der Waals surface area contributed by atoms with Crippen molar-refractivity contribution in [2.45, 2.75) is 13.5 Å². The van der Waals surface area contributed by atoms with E-state index in [9.17, 15) is 8.42 Å². The molecule has 1 fully saturated rings. The number of methoxy groups -OCH3 is 1. The molecule has 8 heteroatoms.